The predicted octanol–water partition coefficient (Wildman–Crippen LogP) is 2.17. The molecule has 2 atom stereocenters. The first-order valence-corrected chi connectivity index (χ1v) is 7.24. The lowest BCUT2D eigenvalue weighted by molar-refractivity contribution is -0.137. The number of carbonyl (C=O) groups is 2. The Labute approximate surface area is 118 Å². The standard InChI is InChI=1S/C17H17NO2/c1-18-8-7-10-3-2-4-12-15(10)13(18)9-11-5-6-14(19)17(20)16(11)12/h2-5,13,16H,6-9H2,1H3. The molecule has 4 rings (SSSR count). The number of Topliss-reactive ketones (excluding diaryl/α,β-unsaturated/α-hetero) is 2. The van der Waals surface area contributed by atoms with Crippen molar-refractivity contribution in [2.45, 2.75) is 31.2 Å². The third-order valence-corrected chi connectivity index (χ3v) is 5.03. The van der Waals surface area contributed by atoms with E-state index in [0.717, 1.165) is 30.5 Å². The van der Waals surface area contributed by atoms with Crippen molar-refractivity contribution in [2.75, 3.05) is 13.6 Å². The van der Waals surface area contributed by atoms with Gasteiger partial charge in [0.1, 0.15) is 0 Å². The summed E-state index contributed by atoms with van der Waals surface area (Å²) in [6, 6.07) is 6.62. The molecule has 0 spiro atoms. The van der Waals surface area contributed by atoms with Crippen LogP contribution in [0.15, 0.2) is 29.8 Å². The number of ketones is 2. The smallest absolute Gasteiger partial charge is 0.210 e. The molecule has 1 aromatic rings. The minimum absolute atomic E-state index is 0.206. The van der Waals surface area contributed by atoms with E-state index in [-0.39, 0.29) is 23.9 Å². The molecule has 2 aliphatic carbocycles. The van der Waals surface area contributed by atoms with Gasteiger partial charge >= 0.3 is 0 Å². The molecule has 0 N–H and O–H groups in total. The summed E-state index contributed by atoms with van der Waals surface area (Å²) in [5.41, 5.74) is 4.90. The first-order valence-electron chi connectivity index (χ1n) is 7.24. The molecule has 0 amide bonds. The fourth-order valence-electron chi connectivity index (χ4n) is 3.98. The molecular formula is C17H17NO2. The van der Waals surface area contributed by atoms with Crippen LogP contribution in [0.5, 0.6) is 0 Å². The largest absolute Gasteiger partial charge is 0.299 e. The Kier molecular flexibility index (Phi) is 2.48. The van der Waals surface area contributed by atoms with Gasteiger partial charge in [0.05, 0.1) is 5.92 Å². The molecule has 0 bridgehead atoms. The Balaban J connectivity index is 1.95. The molecule has 1 heterocycles. The average molecular weight is 267 g/mol. The van der Waals surface area contributed by atoms with E-state index < -0.39 is 0 Å². The number of likely N-dealkylation sites (N-methyl/N-ethyl adjacent to an activating group) is 1. The quantitative estimate of drug-likeness (QED) is 0.534. The minimum atomic E-state index is -0.297. The molecule has 1 aliphatic heterocycles. The van der Waals surface area contributed by atoms with Crippen molar-refractivity contribution in [1.82, 2.24) is 4.90 Å². The van der Waals surface area contributed by atoms with Gasteiger partial charge in [-0.2, -0.15) is 0 Å². The second-order valence-corrected chi connectivity index (χ2v) is 6.07. The summed E-state index contributed by atoms with van der Waals surface area (Å²) in [5.74, 6) is -0.740. The minimum Gasteiger partial charge on any atom is -0.299 e. The Bertz CT molecular complexity index is 659. The van der Waals surface area contributed by atoms with Gasteiger partial charge in [0.2, 0.25) is 11.6 Å². The number of carbonyl (C=O) groups excluding carboxylic acids is 2. The van der Waals surface area contributed by atoms with Crippen LogP contribution in [-0.4, -0.2) is 30.1 Å². The lowest BCUT2D eigenvalue weighted by atomic mass is 9.68. The zero-order chi connectivity index (χ0) is 13.9. The highest BCUT2D eigenvalue weighted by molar-refractivity contribution is 6.41. The summed E-state index contributed by atoms with van der Waals surface area (Å²) in [7, 11) is 2.15. The highest BCUT2D eigenvalue weighted by Crippen LogP contribution is 2.48. The summed E-state index contributed by atoms with van der Waals surface area (Å²) in [4.78, 5) is 26.5. The van der Waals surface area contributed by atoms with E-state index in [0.29, 0.717) is 6.04 Å². The van der Waals surface area contributed by atoms with E-state index in [1.165, 1.54) is 11.1 Å². The van der Waals surface area contributed by atoms with Crippen LogP contribution in [-0.2, 0) is 16.0 Å². The number of rotatable bonds is 0. The molecule has 3 aliphatic rings. The maximum Gasteiger partial charge on any atom is 0.210 e. The van der Waals surface area contributed by atoms with Crippen molar-refractivity contribution in [3.63, 3.8) is 0 Å². The van der Waals surface area contributed by atoms with Gasteiger partial charge in [-0.1, -0.05) is 29.8 Å². The fraction of sp³-hybridized carbons (Fsp3) is 0.412. The lowest BCUT2D eigenvalue weighted by Crippen LogP contribution is -2.39. The number of hydrogen-bond donors (Lipinski definition) is 0. The SMILES string of the molecule is CN1CCc2cccc3c2C1CC1=CCC(=O)C(=O)C13. The van der Waals surface area contributed by atoms with Crippen LogP contribution in [0.2, 0.25) is 0 Å². The molecule has 0 radical (unpaired) electrons. The van der Waals surface area contributed by atoms with Gasteiger partial charge < -0.3 is 0 Å². The van der Waals surface area contributed by atoms with Crippen LogP contribution in [0, 0.1) is 0 Å². The third kappa shape index (κ3) is 1.50. The Morgan fingerprint density at radius 1 is 1.25 bits per heavy atom. The highest BCUT2D eigenvalue weighted by Gasteiger charge is 2.42. The monoisotopic (exact) mass is 267 g/mol. The van der Waals surface area contributed by atoms with Gasteiger partial charge in [-0.25, -0.2) is 0 Å². The van der Waals surface area contributed by atoms with Crippen LogP contribution < -0.4 is 0 Å². The summed E-state index contributed by atoms with van der Waals surface area (Å²) in [6.07, 6.45) is 4.21. The fourth-order valence-corrected chi connectivity index (χ4v) is 3.98. The molecule has 102 valence electrons. The van der Waals surface area contributed by atoms with Crippen LogP contribution in [0.25, 0.3) is 0 Å². The number of fused-ring (bicyclic) bond motifs is 2. The zero-order valence-corrected chi connectivity index (χ0v) is 11.6. The molecule has 0 saturated carbocycles. The van der Waals surface area contributed by atoms with Gasteiger partial charge in [0.15, 0.2) is 0 Å². The predicted molar refractivity (Wildman–Crippen MR) is 75.6 cm³/mol. The van der Waals surface area contributed by atoms with Crippen molar-refractivity contribution in [2.24, 2.45) is 0 Å². The van der Waals surface area contributed by atoms with E-state index in [1.54, 1.807) is 0 Å². The molecule has 1 aromatic carbocycles. The maximum absolute atomic E-state index is 12.3. The van der Waals surface area contributed by atoms with E-state index in [4.69, 9.17) is 0 Å². The summed E-state index contributed by atoms with van der Waals surface area (Å²) in [5, 5.41) is 0. The second kappa shape index (κ2) is 4.13. The van der Waals surface area contributed by atoms with E-state index >= 15 is 0 Å². The maximum atomic E-state index is 12.3. The molecule has 0 aromatic heterocycles. The van der Waals surface area contributed by atoms with Gasteiger partial charge in [0.25, 0.3) is 0 Å². The molecule has 2 unspecified atom stereocenters. The van der Waals surface area contributed by atoms with Crippen molar-refractivity contribution < 1.29 is 9.59 Å². The Morgan fingerprint density at radius 3 is 2.95 bits per heavy atom. The van der Waals surface area contributed by atoms with E-state index in [2.05, 4.69) is 18.0 Å². The summed E-state index contributed by atoms with van der Waals surface area (Å²) >= 11 is 0. The van der Waals surface area contributed by atoms with Crippen LogP contribution in [0.1, 0.15) is 41.5 Å². The number of nitrogens with zero attached hydrogens (tertiary/aromatic N) is 1. The van der Waals surface area contributed by atoms with Crippen molar-refractivity contribution in [1.29, 1.82) is 0 Å². The zero-order valence-electron chi connectivity index (χ0n) is 11.6. The van der Waals surface area contributed by atoms with Crippen molar-refractivity contribution >= 4 is 11.6 Å². The van der Waals surface area contributed by atoms with E-state index in [9.17, 15) is 9.59 Å². The first-order chi connectivity index (χ1) is 9.66. The van der Waals surface area contributed by atoms with Gasteiger partial charge in [-0.05, 0) is 36.6 Å². The molecule has 0 fully saturated rings. The number of allylic oxidation sites excluding steroid dienone is 1. The first kappa shape index (κ1) is 12.0. The van der Waals surface area contributed by atoms with E-state index in [1.807, 2.05) is 18.2 Å². The van der Waals surface area contributed by atoms with Gasteiger partial charge in [0, 0.05) is 19.0 Å². The molecule has 0 saturated heterocycles. The molecule has 20 heavy (non-hydrogen) atoms. The molecular weight excluding hydrogens is 250 g/mol. The highest BCUT2D eigenvalue weighted by atomic mass is 16.2. The molecule has 3 heteroatoms. The van der Waals surface area contributed by atoms with Crippen LogP contribution in [0.3, 0.4) is 0 Å². The number of benzene rings is 1. The summed E-state index contributed by atoms with van der Waals surface area (Å²) < 4.78 is 0. The molecule has 3 nitrogen and oxygen atoms in total. The Morgan fingerprint density at radius 2 is 2.10 bits per heavy atom. The normalized spacial score (nSPS) is 28.8. The summed E-state index contributed by atoms with van der Waals surface area (Å²) in [6.45, 7) is 1.06. The average Bonchev–Trinajstić information content (AvgIpc) is 2.46. The third-order valence-electron chi connectivity index (χ3n) is 5.03. The van der Waals surface area contributed by atoms with Crippen molar-refractivity contribution in [3.8, 4) is 0 Å². The second-order valence-electron chi connectivity index (χ2n) is 6.07. The van der Waals surface area contributed by atoms with Gasteiger partial charge in [-0.3, -0.25) is 14.5 Å². The van der Waals surface area contributed by atoms with Crippen LogP contribution in [0.4, 0.5) is 0 Å². The topological polar surface area (TPSA) is 37.4 Å². The lowest BCUT2D eigenvalue weighted by Gasteiger charge is -2.43. The Hall–Kier alpha value is -1.74. The van der Waals surface area contributed by atoms with Crippen molar-refractivity contribution in [3.05, 3.63) is 46.5 Å². The van der Waals surface area contributed by atoms with Crippen LogP contribution >= 0.6 is 0 Å². The number of hydrogen-bond acceptors (Lipinski definition) is 3. The van der Waals surface area contributed by atoms with Gasteiger partial charge in [-0.15, -0.1) is 0 Å².